The molecule has 2 amide bonds. The first-order valence-corrected chi connectivity index (χ1v) is 10.2. The second-order valence-corrected chi connectivity index (χ2v) is 7.68. The van der Waals surface area contributed by atoms with Gasteiger partial charge in [0.15, 0.2) is 5.12 Å². The Morgan fingerprint density at radius 2 is 1.87 bits per heavy atom. The molecule has 1 fully saturated rings. The van der Waals surface area contributed by atoms with Gasteiger partial charge in [-0.1, -0.05) is 43.0 Å². The zero-order chi connectivity index (χ0) is 23.0. The summed E-state index contributed by atoms with van der Waals surface area (Å²) in [5.41, 5.74) is 0.125. The van der Waals surface area contributed by atoms with Crippen molar-refractivity contribution in [2.75, 3.05) is 25.1 Å². The van der Waals surface area contributed by atoms with Crippen LogP contribution in [0.1, 0.15) is 23.2 Å². The van der Waals surface area contributed by atoms with E-state index in [0.717, 1.165) is 0 Å². The summed E-state index contributed by atoms with van der Waals surface area (Å²) in [4.78, 5) is 50.5. The van der Waals surface area contributed by atoms with Gasteiger partial charge in [-0.3, -0.25) is 14.5 Å². The smallest absolute Gasteiger partial charge is 0.410 e. The van der Waals surface area contributed by atoms with Crippen LogP contribution in [0.5, 0.6) is 0 Å². The highest BCUT2D eigenvalue weighted by molar-refractivity contribution is 7.96. The minimum atomic E-state index is -0.927. The van der Waals surface area contributed by atoms with E-state index in [4.69, 9.17) is 21.1 Å². The zero-order valence-electron chi connectivity index (χ0n) is 16.7. The third kappa shape index (κ3) is 6.60. The number of amides is 2. The van der Waals surface area contributed by atoms with Crippen LogP contribution in [0.4, 0.5) is 10.5 Å². The monoisotopic (exact) mass is 466 g/mol. The predicted octanol–water partition coefficient (Wildman–Crippen LogP) is 3.48. The number of nitrogens with zero attached hydrogens (tertiary/aromatic N) is 1. The van der Waals surface area contributed by atoms with Crippen molar-refractivity contribution in [2.45, 2.75) is 18.9 Å². The van der Waals surface area contributed by atoms with Crippen LogP contribution in [0.2, 0.25) is 5.02 Å². The number of halogens is 1. The van der Waals surface area contributed by atoms with E-state index in [9.17, 15) is 19.2 Å². The largest absolute Gasteiger partial charge is 0.458 e. The van der Waals surface area contributed by atoms with Gasteiger partial charge in [-0.15, -0.1) is 12.6 Å². The zero-order valence-corrected chi connectivity index (χ0v) is 18.4. The molecular formula is C21H23ClN2O6S. The van der Waals surface area contributed by atoms with Gasteiger partial charge in [0.2, 0.25) is 5.91 Å². The molecule has 166 valence electrons. The second kappa shape index (κ2) is 11.6. The van der Waals surface area contributed by atoms with Crippen LogP contribution in [-0.4, -0.2) is 53.8 Å². The number of hydrogen-bond donors (Lipinski definition) is 2. The average molecular weight is 467 g/mol. The molecule has 1 aromatic rings. The quantitative estimate of drug-likeness (QED) is 0.328. The molecule has 1 N–H and O–H groups in total. The summed E-state index contributed by atoms with van der Waals surface area (Å²) in [5, 5.41) is 2.41. The SMILES string of the molecule is C=CCOC(=O)c1cccc(Cl)c1NC(=O)[C@@H]1C[C@@H](CC(=O)S)CN1C(=O)OCC=C. The molecule has 31 heavy (non-hydrogen) atoms. The number of hydrogen-bond acceptors (Lipinski definition) is 6. The number of likely N-dealkylation sites (tertiary alicyclic amines) is 1. The third-order valence-corrected chi connectivity index (χ3v) is 5.02. The molecule has 2 rings (SSSR count). The summed E-state index contributed by atoms with van der Waals surface area (Å²) in [7, 11) is 0. The predicted molar refractivity (Wildman–Crippen MR) is 119 cm³/mol. The average Bonchev–Trinajstić information content (AvgIpc) is 3.14. The van der Waals surface area contributed by atoms with E-state index in [1.807, 2.05) is 0 Å². The minimum absolute atomic E-state index is 0.0102. The van der Waals surface area contributed by atoms with Crippen LogP contribution in [-0.2, 0) is 19.1 Å². The lowest BCUT2D eigenvalue weighted by molar-refractivity contribution is -0.120. The fraction of sp³-hybridized carbons (Fsp3) is 0.333. The number of benzene rings is 1. The molecule has 1 aromatic carbocycles. The first kappa shape index (κ1) is 24.5. The van der Waals surface area contributed by atoms with Crippen LogP contribution < -0.4 is 5.32 Å². The van der Waals surface area contributed by atoms with Crippen molar-refractivity contribution in [1.82, 2.24) is 4.90 Å². The van der Waals surface area contributed by atoms with Crippen molar-refractivity contribution >= 4 is 53.0 Å². The van der Waals surface area contributed by atoms with Gasteiger partial charge in [0.25, 0.3) is 0 Å². The molecule has 0 aliphatic carbocycles. The fourth-order valence-corrected chi connectivity index (χ4v) is 3.70. The molecule has 10 heteroatoms. The lowest BCUT2D eigenvalue weighted by atomic mass is 10.0. The Bertz CT molecular complexity index is 891. The van der Waals surface area contributed by atoms with Gasteiger partial charge in [-0.25, -0.2) is 9.59 Å². The number of para-hydroxylation sites is 1. The van der Waals surface area contributed by atoms with E-state index < -0.39 is 24.0 Å². The lowest BCUT2D eigenvalue weighted by Crippen LogP contribution is -2.43. The number of esters is 1. The summed E-state index contributed by atoms with van der Waals surface area (Å²) in [6.07, 6.45) is 2.43. The summed E-state index contributed by atoms with van der Waals surface area (Å²) in [6.45, 7) is 7.08. The van der Waals surface area contributed by atoms with E-state index in [1.165, 1.54) is 29.2 Å². The Morgan fingerprint density at radius 3 is 2.52 bits per heavy atom. The number of nitrogens with one attached hydrogen (secondary N) is 1. The second-order valence-electron chi connectivity index (χ2n) is 6.77. The van der Waals surface area contributed by atoms with Crippen LogP contribution in [0.25, 0.3) is 0 Å². The molecule has 0 aromatic heterocycles. The Balaban J connectivity index is 2.26. The highest BCUT2D eigenvalue weighted by Gasteiger charge is 2.41. The Hall–Kier alpha value is -2.78. The molecule has 0 bridgehead atoms. The normalized spacial score (nSPS) is 17.5. The van der Waals surface area contributed by atoms with Crippen LogP contribution in [0.15, 0.2) is 43.5 Å². The Morgan fingerprint density at radius 1 is 1.19 bits per heavy atom. The van der Waals surface area contributed by atoms with Gasteiger partial charge in [-0.2, -0.15) is 0 Å². The van der Waals surface area contributed by atoms with Crippen LogP contribution in [0, 0.1) is 5.92 Å². The fourth-order valence-electron chi connectivity index (χ4n) is 3.22. The first-order valence-electron chi connectivity index (χ1n) is 9.41. The van der Waals surface area contributed by atoms with Gasteiger partial charge in [-0.05, 0) is 24.5 Å². The van der Waals surface area contributed by atoms with E-state index in [2.05, 4.69) is 31.1 Å². The van der Waals surface area contributed by atoms with Gasteiger partial charge >= 0.3 is 12.1 Å². The number of ether oxygens (including phenoxy) is 2. The number of thiol groups is 1. The molecule has 1 aliphatic heterocycles. The number of carbonyl (C=O) groups is 4. The minimum Gasteiger partial charge on any atom is -0.458 e. The number of rotatable bonds is 9. The first-order chi connectivity index (χ1) is 14.8. The number of anilines is 1. The third-order valence-electron chi connectivity index (χ3n) is 4.53. The maximum atomic E-state index is 13.1. The van der Waals surface area contributed by atoms with Crippen LogP contribution in [0.3, 0.4) is 0 Å². The van der Waals surface area contributed by atoms with Crippen molar-refractivity contribution in [3.63, 3.8) is 0 Å². The Labute approximate surface area is 190 Å². The molecule has 1 aliphatic rings. The van der Waals surface area contributed by atoms with Crippen LogP contribution >= 0.6 is 24.2 Å². The molecule has 1 heterocycles. The maximum absolute atomic E-state index is 13.1. The summed E-state index contributed by atoms with van der Waals surface area (Å²) < 4.78 is 10.1. The topological polar surface area (TPSA) is 102 Å². The van der Waals surface area contributed by atoms with Crippen molar-refractivity contribution in [3.8, 4) is 0 Å². The molecule has 2 atom stereocenters. The summed E-state index contributed by atoms with van der Waals surface area (Å²) in [6, 6.07) is 3.59. The number of carbonyl (C=O) groups excluding carboxylic acids is 4. The van der Waals surface area contributed by atoms with Gasteiger partial charge < -0.3 is 14.8 Å². The molecule has 1 saturated heterocycles. The lowest BCUT2D eigenvalue weighted by Gasteiger charge is -2.23. The van der Waals surface area contributed by atoms with Crippen molar-refractivity contribution < 1.29 is 28.7 Å². The standard InChI is InChI=1S/C21H23ClN2O6S/c1-3-8-29-20(27)14-6-5-7-15(22)18(14)23-19(26)16-10-13(11-17(25)31)12-24(16)21(28)30-9-4-2/h3-7,13,16H,1-2,8-12H2,(H,23,26)(H,25,31)/t13-,16-/m0/s1. The highest BCUT2D eigenvalue weighted by Crippen LogP contribution is 2.31. The molecule has 0 radical (unpaired) electrons. The summed E-state index contributed by atoms with van der Waals surface area (Å²) in [5.74, 6) is -1.53. The van der Waals surface area contributed by atoms with Crippen molar-refractivity contribution in [3.05, 3.63) is 54.1 Å². The molecular weight excluding hydrogens is 444 g/mol. The van der Waals surface area contributed by atoms with Gasteiger partial charge in [0.05, 0.1) is 16.3 Å². The Kier molecular flexibility index (Phi) is 9.14. The van der Waals surface area contributed by atoms with Gasteiger partial charge in [0, 0.05) is 13.0 Å². The maximum Gasteiger partial charge on any atom is 0.410 e. The van der Waals surface area contributed by atoms with E-state index in [0.29, 0.717) is 0 Å². The molecule has 0 spiro atoms. The van der Waals surface area contributed by atoms with E-state index in [-0.39, 0.29) is 59.9 Å². The molecule has 0 saturated carbocycles. The van der Waals surface area contributed by atoms with Gasteiger partial charge in [0.1, 0.15) is 19.3 Å². The molecule has 0 unspecified atom stereocenters. The van der Waals surface area contributed by atoms with E-state index in [1.54, 1.807) is 6.07 Å². The summed E-state index contributed by atoms with van der Waals surface area (Å²) >= 11 is 10.00. The highest BCUT2D eigenvalue weighted by atomic mass is 35.5. The van der Waals surface area contributed by atoms with Crippen molar-refractivity contribution in [1.29, 1.82) is 0 Å². The molecule has 8 nitrogen and oxygen atoms in total. The van der Waals surface area contributed by atoms with E-state index >= 15 is 0 Å². The van der Waals surface area contributed by atoms with Crippen molar-refractivity contribution in [2.24, 2.45) is 5.92 Å².